The number of alkyl carbamates (subject to hydrolysis) is 1. The quantitative estimate of drug-likeness (QED) is 0.410. The van der Waals surface area contributed by atoms with Crippen molar-refractivity contribution in [3.05, 3.63) is 113 Å². The highest BCUT2D eigenvalue weighted by molar-refractivity contribution is 6.20. The Morgan fingerprint density at radius 3 is 2.18 bits per heavy atom. The molecular weight excluding hydrogens is 478 g/mol. The smallest absolute Gasteiger partial charge is 0.412 e. The zero-order valence-corrected chi connectivity index (χ0v) is 20.7. The number of amides is 1. The first-order chi connectivity index (χ1) is 18.4. The molecule has 1 fully saturated rings. The van der Waals surface area contributed by atoms with E-state index in [1.807, 2.05) is 91.9 Å². The van der Waals surface area contributed by atoms with E-state index in [0.29, 0.717) is 30.1 Å². The number of nitrogens with zero attached hydrogens (tertiary/aromatic N) is 2. The second kappa shape index (κ2) is 9.27. The Hall–Kier alpha value is -4.78. The lowest BCUT2D eigenvalue weighted by Crippen LogP contribution is -2.26. The summed E-state index contributed by atoms with van der Waals surface area (Å²) in [7, 11) is 0. The van der Waals surface area contributed by atoms with Crippen molar-refractivity contribution in [2.24, 2.45) is 9.98 Å². The van der Waals surface area contributed by atoms with E-state index in [9.17, 15) is 14.7 Å². The number of hydrogen-bond donors (Lipinski definition) is 2. The first kappa shape index (κ1) is 23.6. The normalized spacial score (nSPS) is 17.4. The molecule has 3 aliphatic rings. The van der Waals surface area contributed by atoms with Crippen molar-refractivity contribution in [1.82, 2.24) is 5.32 Å². The number of carbonyl (C=O) groups is 2. The molecule has 1 aliphatic carbocycles. The number of allylic oxidation sites excluding steroid dienone is 1. The molecule has 0 spiro atoms. The van der Waals surface area contributed by atoms with Crippen LogP contribution in [0.1, 0.15) is 42.6 Å². The van der Waals surface area contributed by atoms with Gasteiger partial charge in [-0.25, -0.2) is 14.8 Å². The average molecular weight is 504 g/mol. The minimum Gasteiger partial charge on any atom is -0.481 e. The summed E-state index contributed by atoms with van der Waals surface area (Å²) in [6.45, 7) is 1.83. The number of fused-ring (bicyclic) bond motifs is 1. The lowest BCUT2D eigenvalue weighted by atomic mass is 9.93. The number of hydrogen-bond acceptors (Lipinski definition) is 5. The van der Waals surface area contributed by atoms with Gasteiger partial charge in [-0.1, -0.05) is 78.9 Å². The molecule has 7 nitrogen and oxygen atoms in total. The van der Waals surface area contributed by atoms with E-state index in [1.165, 1.54) is 0 Å². The molecule has 2 heterocycles. The van der Waals surface area contributed by atoms with Gasteiger partial charge in [0.15, 0.2) is 5.84 Å². The third-order valence-corrected chi connectivity index (χ3v) is 7.27. The van der Waals surface area contributed by atoms with Crippen LogP contribution in [-0.2, 0) is 14.9 Å². The van der Waals surface area contributed by atoms with E-state index in [1.54, 1.807) is 6.21 Å². The molecule has 0 bridgehead atoms. The van der Waals surface area contributed by atoms with Gasteiger partial charge in [0.05, 0.1) is 16.8 Å². The van der Waals surface area contributed by atoms with Crippen molar-refractivity contribution in [3.8, 4) is 11.1 Å². The summed E-state index contributed by atoms with van der Waals surface area (Å²) < 4.78 is 5.62. The van der Waals surface area contributed by atoms with E-state index in [2.05, 4.69) is 15.3 Å². The SMILES string of the molecule is CC(OC(=O)NC1=C(c2ccc(-c3ccc(C4(C(=O)O)CC4)cc3)cc2)N=C2N=CC=C21)c1ccccc1. The molecule has 38 heavy (non-hydrogen) atoms. The first-order valence-electron chi connectivity index (χ1n) is 12.5. The number of aliphatic imine (C=N–C) groups is 2. The van der Waals surface area contributed by atoms with Gasteiger partial charge in [0.25, 0.3) is 0 Å². The van der Waals surface area contributed by atoms with Crippen molar-refractivity contribution < 1.29 is 19.4 Å². The van der Waals surface area contributed by atoms with Crippen LogP contribution in [0.2, 0.25) is 0 Å². The van der Waals surface area contributed by atoms with Gasteiger partial charge < -0.3 is 9.84 Å². The maximum atomic E-state index is 12.8. The molecule has 0 saturated heterocycles. The molecule has 2 N–H and O–H groups in total. The second-order valence-corrected chi connectivity index (χ2v) is 9.64. The lowest BCUT2D eigenvalue weighted by molar-refractivity contribution is -0.140. The zero-order valence-electron chi connectivity index (χ0n) is 20.7. The van der Waals surface area contributed by atoms with E-state index in [-0.39, 0.29) is 0 Å². The minimum absolute atomic E-state index is 0.410. The fourth-order valence-corrected chi connectivity index (χ4v) is 4.87. The third kappa shape index (κ3) is 4.22. The van der Waals surface area contributed by atoms with Gasteiger partial charge in [0.2, 0.25) is 0 Å². The molecule has 7 heteroatoms. The van der Waals surface area contributed by atoms with Gasteiger partial charge in [-0.15, -0.1) is 0 Å². The number of nitrogens with one attached hydrogen (secondary N) is 1. The molecule has 1 unspecified atom stereocenters. The van der Waals surface area contributed by atoms with Crippen LogP contribution >= 0.6 is 0 Å². The Morgan fingerprint density at radius 2 is 1.55 bits per heavy atom. The van der Waals surface area contributed by atoms with E-state index in [4.69, 9.17) is 4.74 Å². The number of aliphatic carboxylic acids is 1. The zero-order chi connectivity index (χ0) is 26.3. The second-order valence-electron chi connectivity index (χ2n) is 9.64. The van der Waals surface area contributed by atoms with E-state index < -0.39 is 23.6 Å². The van der Waals surface area contributed by atoms with Gasteiger partial charge in [-0.2, -0.15) is 0 Å². The van der Waals surface area contributed by atoms with Crippen molar-refractivity contribution >= 4 is 29.8 Å². The maximum Gasteiger partial charge on any atom is 0.412 e. The van der Waals surface area contributed by atoms with Crippen LogP contribution in [0.15, 0.2) is 106 Å². The minimum atomic E-state index is -0.756. The standard InChI is InChI=1S/C31H25N3O4/c1-19(20-5-3-2-4-6-20)38-30(37)34-27-25-15-18-32-28(25)33-26(27)23-9-7-21(8-10-23)22-11-13-24(14-12-22)31(16-17-31)29(35)36/h2-15,18-19H,16-17H2,1H3,(H,34,37)(H,35,36). The number of carboxylic acids is 1. The fourth-order valence-electron chi connectivity index (χ4n) is 4.87. The lowest BCUT2D eigenvalue weighted by Gasteiger charge is -2.15. The largest absolute Gasteiger partial charge is 0.481 e. The number of amidine groups is 1. The molecule has 3 aromatic carbocycles. The number of carboxylic acid groups (broad SMARTS) is 1. The van der Waals surface area contributed by atoms with E-state index in [0.717, 1.165) is 33.4 Å². The van der Waals surface area contributed by atoms with Gasteiger partial charge in [0.1, 0.15) is 6.10 Å². The number of rotatable bonds is 7. The van der Waals surface area contributed by atoms with Crippen molar-refractivity contribution in [1.29, 1.82) is 0 Å². The van der Waals surface area contributed by atoms with Crippen LogP contribution in [0.25, 0.3) is 16.8 Å². The summed E-state index contributed by atoms with van der Waals surface area (Å²) in [4.78, 5) is 33.4. The van der Waals surface area contributed by atoms with Crippen LogP contribution in [-0.4, -0.2) is 29.2 Å². The Bertz CT molecular complexity index is 1540. The van der Waals surface area contributed by atoms with Crippen molar-refractivity contribution in [2.75, 3.05) is 0 Å². The molecule has 2 aliphatic heterocycles. The summed E-state index contributed by atoms with van der Waals surface area (Å²) in [5.41, 5.74) is 5.78. The van der Waals surface area contributed by atoms with Gasteiger partial charge in [-0.05, 0) is 48.1 Å². The number of benzene rings is 3. The topological polar surface area (TPSA) is 100 Å². The van der Waals surface area contributed by atoms with Gasteiger partial charge in [-0.3, -0.25) is 10.1 Å². The Morgan fingerprint density at radius 1 is 0.921 bits per heavy atom. The van der Waals surface area contributed by atoms with E-state index >= 15 is 0 Å². The molecule has 6 rings (SSSR count). The van der Waals surface area contributed by atoms with Crippen LogP contribution < -0.4 is 5.32 Å². The van der Waals surface area contributed by atoms with Gasteiger partial charge in [0, 0.05) is 17.4 Å². The van der Waals surface area contributed by atoms with Crippen molar-refractivity contribution in [2.45, 2.75) is 31.3 Å². The van der Waals surface area contributed by atoms with Crippen LogP contribution in [0.4, 0.5) is 4.79 Å². The Labute approximate surface area is 219 Å². The molecule has 0 radical (unpaired) electrons. The summed E-state index contributed by atoms with van der Waals surface area (Å²) in [5, 5.41) is 12.4. The summed E-state index contributed by atoms with van der Waals surface area (Å²) in [6, 6.07) is 25.2. The predicted octanol–water partition coefficient (Wildman–Crippen LogP) is 6.05. The molecule has 1 saturated carbocycles. The third-order valence-electron chi connectivity index (χ3n) is 7.27. The number of carbonyl (C=O) groups excluding carboxylic acids is 1. The summed E-state index contributed by atoms with van der Waals surface area (Å²) >= 11 is 0. The first-order valence-corrected chi connectivity index (χ1v) is 12.5. The van der Waals surface area contributed by atoms with Crippen LogP contribution in [0, 0.1) is 0 Å². The maximum absolute atomic E-state index is 12.8. The number of ether oxygens (including phenoxy) is 1. The molecule has 3 aromatic rings. The summed E-state index contributed by atoms with van der Waals surface area (Å²) in [5.74, 6) is -0.202. The molecular formula is C31H25N3O4. The Kier molecular flexibility index (Phi) is 5.76. The molecule has 0 aromatic heterocycles. The molecule has 1 amide bonds. The monoisotopic (exact) mass is 503 g/mol. The van der Waals surface area contributed by atoms with Crippen LogP contribution in [0.5, 0.6) is 0 Å². The van der Waals surface area contributed by atoms with Crippen LogP contribution in [0.3, 0.4) is 0 Å². The van der Waals surface area contributed by atoms with Crippen molar-refractivity contribution in [3.63, 3.8) is 0 Å². The predicted molar refractivity (Wildman–Crippen MR) is 146 cm³/mol. The highest BCUT2D eigenvalue weighted by Gasteiger charge is 2.51. The molecule has 188 valence electrons. The average Bonchev–Trinajstić information content (AvgIpc) is 3.52. The highest BCUT2D eigenvalue weighted by atomic mass is 16.6. The summed E-state index contributed by atoms with van der Waals surface area (Å²) in [6.07, 6.45) is 3.87. The highest BCUT2D eigenvalue weighted by Crippen LogP contribution is 2.48. The van der Waals surface area contributed by atoms with Gasteiger partial charge >= 0.3 is 12.1 Å². The fraction of sp³-hybridized carbons (Fsp3) is 0.161. The molecule has 1 atom stereocenters. The Balaban J connectivity index is 1.22.